The van der Waals surface area contributed by atoms with Crippen LogP contribution in [0.1, 0.15) is 17.4 Å². The second kappa shape index (κ2) is 7.23. The van der Waals surface area contributed by atoms with Gasteiger partial charge in [0.2, 0.25) is 5.91 Å². The number of aryl methyl sites for hydroxylation is 1. The second-order valence-electron chi connectivity index (χ2n) is 5.15. The number of tetrazole rings is 1. The highest BCUT2D eigenvalue weighted by molar-refractivity contribution is 5.80. The van der Waals surface area contributed by atoms with Gasteiger partial charge in [-0.15, -0.1) is 5.10 Å². The van der Waals surface area contributed by atoms with Gasteiger partial charge in [-0.3, -0.25) is 4.79 Å². The molecule has 0 aliphatic heterocycles. The lowest BCUT2D eigenvalue weighted by Crippen LogP contribution is -2.44. The molecule has 0 radical (unpaired) electrons. The minimum absolute atomic E-state index is 0.284. The zero-order valence-corrected chi connectivity index (χ0v) is 12.6. The van der Waals surface area contributed by atoms with E-state index < -0.39 is 31.0 Å². The van der Waals surface area contributed by atoms with E-state index in [2.05, 4.69) is 20.8 Å². The van der Waals surface area contributed by atoms with Crippen molar-refractivity contribution in [2.24, 2.45) is 5.73 Å². The lowest BCUT2D eigenvalue weighted by atomic mass is 10.1. The first-order chi connectivity index (χ1) is 10.9. The van der Waals surface area contributed by atoms with Gasteiger partial charge in [0, 0.05) is 6.42 Å². The zero-order valence-electron chi connectivity index (χ0n) is 12.6. The van der Waals surface area contributed by atoms with E-state index in [4.69, 9.17) is 5.73 Å². The van der Waals surface area contributed by atoms with Gasteiger partial charge in [-0.05, 0) is 22.9 Å². The average molecular weight is 324 g/mol. The number of nitrogens with one attached hydrogen (secondary N) is 1. The van der Waals surface area contributed by atoms with Gasteiger partial charge in [-0.1, -0.05) is 30.3 Å². The van der Waals surface area contributed by atoms with Gasteiger partial charge in [0.15, 0.2) is 0 Å². The minimum atomic E-state index is -3.15. The first-order valence-electron chi connectivity index (χ1n) is 7.07. The van der Waals surface area contributed by atoms with E-state index in [1.54, 1.807) is 6.92 Å². The van der Waals surface area contributed by atoms with Crippen molar-refractivity contribution in [1.82, 2.24) is 25.5 Å². The molecule has 0 saturated heterocycles. The van der Waals surface area contributed by atoms with Crippen LogP contribution in [0.2, 0.25) is 0 Å². The molecule has 0 saturated carbocycles. The molecule has 23 heavy (non-hydrogen) atoms. The molecule has 1 aromatic carbocycles. The van der Waals surface area contributed by atoms with Crippen LogP contribution >= 0.6 is 0 Å². The third-order valence-electron chi connectivity index (χ3n) is 3.35. The van der Waals surface area contributed by atoms with Gasteiger partial charge in [-0.25, -0.2) is 13.5 Å². The third kappa shape index (κ3) is 4.52. The molecule has 1 aromatic heterocycles. The van der Waals surface area contributed by atoms with Crippen LogP contribution in [-0.4, -0.2) is 45.1 Å². The number of hydrogen-bond donors (Lipinski definition) is 2. The summed E-state index contributed by atoms with van der Waals surface area (Å²) in [6.07, 6.45) is 0.284. The van der Waals surface area contributed by atoms with Crippen LogP contribution in [0.3, 0.4) is 0 Å². The Kier molecular flexibility index (Phi) is 5.32. The summed E-state index contributed by atoms with van der Waals surface area (Å²) in [5, 5.41) is 13.3. The minimum Gasteiger partial charge on any atom is -0.348 e. The van der Waals surface area contributed by atoms with E-state index in [9.17, 15) is 13.6 Å². The van der Waals surface area contributed by atoms with Crippen LogP contribution in [-0.2, 0) is 11.2 Å². The van der Waals surface area contributed by atoms with E-state index in [0.29, 0.717) is 5.82 Å². The van der Waals surface area contributed by atoms with Crippen LogP contribution in [0.25, 0.3) is 0 Å². The summed E-state index contributed by atoms with van der Waals surface area (Å²) in [5.41, 5.74) is 5.84. The first kappa shape index (κ1) is 16.9. The van der Waals surface area contributed by atoms with E-state index in [0.717, 1.165) is 5.56 Å². The normalized spacial score (nSPS) is 12.9. The Morgan fingerprint density at radius 1 is 1.39 bits per heavy atom. The number of amides is 1. The lowest BCUT2D eigenvalue weighted by Gasteiger charge is -2.20. The molecule has 0 aliphatic carbocycles. The number of aromatic nitrogens is 4. The molecule has 1 unspecified atom stereocenters. The fourth-order valence-electron chi connectivity index (χ4n) is 2.06. The van der Waals surface area contributed by atoms with Gasteiger partial charge in [0.05, 0.1) is 13.1 Å². The summed E-state index contributed by atoms with van der Waals surface area (Å²) in [4.78, 5) is 12.4. The van der Waals surface area contributed by atoms with Gasteiger partial charge in [0.1, 0.15) is 11.9 Å². The number of benzene rings is 1. The van der Waals surface area contributed by atoms with E-state index in [1.807, 2.05) is 30.3 Å². The molecule has 1 atom stereocenters. The third-order valence-corrected chi connectivity index (χ3v) is 3.35. The van der Waals surface area contributed by atoms with Gasteiger partial charge in [0.25, 0.3) is 5.92 Å². The number of rotatable bonds is 7. The van der Waals surface area contributed by atoms with E-state index in [-0.39, 0.29) is 6.42 Å². The Balaban J connectivity index is 2.17. The van der Waals surface area contributed by atoms with Crippen molar-refractivity contribution in [1.29, 1.82) is 0 Å². The molecule has 1 heterocycles. The molecule has 2 aromatic rings. The fourth-order valence-corrected chi connectivity index (χ4v) is 2.06. The van der Waals surface area contributed by atoms with Crippen molar-refractivity contribution in [3.63, 3.8) is 0 Å². The lowest BCUT2D eigenvalue weighted by molar-refractivity contribution is -0.126. The summed E-state index contributed by atoms with van der Waals surface area (Å²) in [6.45, 7) is -0.0188. The number of hydrogen-bond acceptors (Lipinski definition) is 5. The first-order valence-corrected chi connectivity index (χ1v) is 7.07. The molecule has 0 aliphatic rings. The number of carbonyl (C=O) groups is 1. The molecular weight excluding hydrogens is 306 g/mol. The van der Waals surface area contributed by atoms with Crippen molar-refractivity contribution in [2.45, 2.75) is 25.3 Å². The maximum atomic E-state index is 13.2. The molecule has 2 rings (SSSR count). The maximum Gasteiger partial charge on any atom is 0.277 e. The second-order valence-corrected chi connectivity index (χ2v) is 5.15. The highest BCUT2D eigenvalue weighted by Gasteiger charge is 2.30. The molecule has 1 amide bonds. The standard InChI is InChI=1S/C14H18F2N6O/c1-10-19-20-21-22(10)12(7-11-5-3-2-4-6-11)13(23)18-9-14(15,16)8-17/h2-6,12H,7-9,17H2,1H3,(H,18,23). The summed E-state index contributed by atoms with van der Waals surface area (Å²) in [5.74, 6) is -3.31. The Morgan fingerprint density at radius 3 is 2.65 bits per heavy atom. The van der Waals surface area contributed by atoms with Crippen molar-refractivity contribution >= 4 is 5.91 Å². The number of nitrogens with two attached hydrogens (primary N) is 1. The quantitative estimate of drug-likeness (QED) is 0.771. The zero-order chi connectivity index (χ0) is 16.9. The predicted molar refractivity (Wildman–Crippen MR) is 78.7 cm³/mol. The SMILES string of the molecule is Cc1nnnn1C(Cc1ccccc1)C(=O)NCC(F)(F)CN. The summed E-state index contributed by atoms with van der Waals surface area (Å²) < 4.78 is 27.8. The van der Waals surface area contributed by atoms with Gasteiger partial charge in [-0.2, -0.15) is 0 Å². The van der Waals surface area contributed by atoms with Crippen molar-refractivity contribution in [2.75, 3.05) is 13.1 Å². The smallest absolute Gasteiger partial charge is 0.277 e. The predicted octanol–water partition coefficient (Wildman–Crippen LogP) is 0.476. The Morgan fingerprint density at radius 2 is 2.09 bits per heavy atom. The average Bonchev–Trinajstić information content (AvgIpc) is 2.97. The van der Waals surface area contributed by atoms with Crippen molar-refractivity contribution in [3.8, 4) is 0 Å². The highest BCUT2D eigenvalue weighted by atomic mass is 19.3. The molecule has 0 fully saturated rings. The van der Waals surface area contributed by atoms with Gasteiger partial charge >= 0.3 is 0 Å². The van der Waals surface area contributed by atoms with Crippen LogP contribution in [0, 0.1) is 6.92 Å². The Labute approximate surface area is 131 Å². The molecule has 124 valence electrons. The molecular formula is C14H18F2N6O. The largest absolute Gasteiger partial charge is 0.348 e. The highest BCUT2D eigenvalue weighted by Crippen LogP contribution is 2.16. The fraction of sp³-hybridized carbons (Fsp3) is 0.429. The van der Waals surface area contributed by atoms with E-state index >= 15 is 0 Å². The Bertz CT molecular complexity index is 646. The van der Waals surface area contributed by atoms with Crippen molar-refractivity contribution in [3.05, 3.63) is 41.7 Å². The topological polar surface area (TPSA) is 98.7 Å². The van der Waals surface area contributed by atoms with Crippen LogP contribution in [0.4, 0.5) is 8.78 Å². The van der Waals surface area contributed by atoms with Crippen LogP contribution in [0.15, 0.2) is 30.3 Å². The number of nitrogens with zero attached hydrogens (tertiary/aromatic N) is 4. The number of carbonyl (C=O) groups excluding carboxylic acids is 1. The van der Waals surface area contributed by atoms with E-state index in [1.165, 1.54) is 4.68 Å². The van der Waals surface area contributed by atoms with Gasteiger partial charge < -0.3 is 11.1 Å². The molecule has 0 spiro atoms. The molecule has 0 bridgehead atoms. The van der Waals surface area contributed by atoms with Crippen LogP contribution < -0.4 is 11.1 Å². The van der Waals surface area contributed by atoms with Crippen molar-refractivity contribution < 1.29 is 13.6 Å². The summed E-state index contributed by atoms with van der Waals surface area (Å²) in [6, 6.07) is 8.38. The molecule has 9 heteroatoms. The summed E-state index contributed by atoms with van der Waals surface area (Å²) >= 11 is 0. The molecule has 3 N–H and O–H groups in total. The number of halogens is 2. The molecule has 7 nitrogen and oxygen atoms in total. The number of alkyl halides is 2. The monoisotopic (exact) mass is 324 g/mol. The van der Waals surface area contributed by atoms with Crippen LogP contribution in [0.5, 0.6) is 0 Å². The Hall–Kier alpha value is -2.42. The maximum absolute atomic E-state index is 13.2. The summed E-state index contributed by atoms with van der Waals surface area (Å²) in [7, 11) is 0.